The molecule has 1 saturated heterocycles. The summed E-state index contributed by atoms with van der Waals surface area (Å²) in [5.41, 5.74) is 0.809. The van der Waals surface area contributed by atoms with Crippen molar-refractivity contribution in [3.8, 4) is 0 Å². The number of rotatable bonds is 5. The average molecular weight is 334 g/mol. The van der Waals surface area contributed by atoms with Gasteiger partial charge in [0.25, 0.3) is 0 Å². The van der Waals surface area contributed by atoms with Crippen LogP contribution in [0.5, 0.6) is 0 Å². The Kier molecular flexibility index (Phi) is 5.78. The number of esters is 2. The summed E-state index contributed by atoms with van der Waals surface area (Å²) >= 11 is 0. The fourth-order valence-corrected chi connectivity index (χ4v) is 2.94. The van der Waals surface area contributed by atoms with Gasteiger partial charge in [-0.05, 0) is 19.4 Å². The Morgan fingerprint density at radius 3 is 2.50 bits per heavy atom. The number of carbonyl (C=O) groups excluding carboxylic acids is 3. The van der Waals surface area contributed by atoms with Gasteiger partial charge in [0.15, 0.2) is 0 Å². The molecule has 3 atom stereocenters. The number of hydrogen-bond donors (Lipinski definition) is 1. The summed E-state index contributed by atoms with van der Waals surface area (Å²) in [6, 6.07) is 7.78. The van der Waals surface area contributed by atoms with Gasteiger partial charge in [0.1, 0.15) is 12.5 Å². The highest BCUT2D eigenvalue weighted by Crippen LogP contribution is 2.32. The van der Waals surface area contributed by atoms with Crippen LogP contribution in [-0.2, 0) is 19.1 Å². The van der Waals surface area contributed by atoms with Crippen molar-refractivity contribution in [2.45, 2.75) is 25.9 Å². The van der Waals surface area contributed by atoms with Gasteiger partial charge in [0.2, 0.25) is 0 Å². The van der Waals surface area contributed by atoms with Crippen molar-refractivity contribution in [1.29, 1.82) is 0 Å². The van der Waals surface area contributed by atoms with Gasteiger partial charge in [-0.25, -0.2) is 4.79 Å². The van der Waals surface area contributed by atoms with Gasteiger partial charge in [-0.1, -0.05) is 30.3 Å². The van der Waals surface area contributed by atoms with Crippen LogP contribution in [0, 0.1) is 5.92 Å². The maximum Gasteiger partial charge on any atom is 0.325 e. The predicted octanol–water partition coefficient (Wildman–Crippen LogP) is 1.49. The molecule has 1 fully saturated rings. The molecule has 7 nitrogen and oxygen atoms in total. The van der Waals surface area contributed by atoms with Crippen LogP contribution in [0.4, 0.5) is 4.79 Å². The largest absolute Gasteiger partial charge is 0.469 e. The first-order valence-corrected chi connectivity index (χ1v) is 7.85. The molecular formula is C17H22N2O5. The molecule has 2 rings (SSSR count). The molecule has 1 aromatic rings. The summed E-state index contributed by atoms with van der Waals surface area (Å²) in [5.74, 6) is -1.59. The Morgan fingerprint density at radius 2 is 1.92 bits per heavy atom. The van der Waals surface area contributed by atoms with E-state index in [1.807, 2.05) is 30.3 Å². The fourth-order valence-electron chi connectivity index (χ4n) is 2.94. The molecule has 0 radical (unpaired) electrons. The van der Waals surface area contributed by atoms with Crippen LogP contribution >= 0.6 is 0 Å². The third-order valence-electron chi connectivity index (χ3n) is 4.15. The minimum Gasteiger partial charge on any atom is -0.469 e. The van der Waals surface area contributed by atoms with E-state index in [1.54, 1.807) is 13.8 Å². The first-order chi connectivity index (χ1) is 11.5. The van der Waals surface area contributed by atoms with Crippen LogP contribution in [0.1, 0.15) is 25.5 Å². The van der Waals surface area contributed by atoms with Crippen molar-refractivity contribution >= 4 is 18.0 Å². The Labute approximate surface area is 140 Å². The van der Waals surface area contributed by atoms with Crippen LogP contribution in [0.15, 0.2) is 30.3 Å². The lowest BCUT2D eigenvalue weighted by atomic mass is 9.85. The number of amides is 2. The van der Waals surface area contributed by atoms with Crippen molar-refractivity contribution in [3.63, 3.8) is 0 Å². The molecule has 130 valence electrons. The van der Waals surface area contributed by atoms with Gasteiger partial charge in [0.05, 0.1) is 19.8 Å². The van der Waals surface area contributed by atoms with Gasteiger partial charge in [-0.3, -0.25) is 9.59 Å². The Bertz CT molecular complexity index is 604. The average Bonchev–Trinajstić information content (AvgIpc) is 2.58. The van der Waals surface area contributed by atoms with Crippen LogP contribution in [0.2, 0.25) is 0 Å². The number of urea groups is 1. The lowest BCUT2D eigenvalue weighted by Gasteiger charge is -2.42. The van der Waals surface area contributed by atoms with E-state index in [1.165, 1.54) is 12.0 Å². The highest BCUT2D eigenvalue weighted by atomic mass is 16.5. The molecule has 24 heavy (non-hydrogen) atoms. The van der Waals surface area contributed by atoms with Gasteiger partial charge >= 0.3 is 18.0 Å². The van der Waals surface area contributed by atoms with Crippen LogP contribution in [0.25, 0.3) is 0 Å². The fraction of sp³-hybridized carbons (Fsp3) is 0.471. The second kappa shape index (κ2) is 7.81. The SMILES string of the molecule is CCOC(=O)CN1C(=O)N[C@@H](c2ccccc2)[C@@H](C(=O)OC)[C@H]1C. The van der Waals surface area contributed by atoms with Crippen molar-refractivity contribution in [2.75, 3.05) is 20.3 Å². The normalized spacial score (nSPS) is 23.4. The van der Waals surface area contributed by atoms with Crippen molar-refractivity contribution in [2.24, 2.45) is 5.92 Å². The molecule has 1 aliphatic heterocycles. The highest BCUT2D eigenvalue weighted by molar-refractivity contribution is 5.85. The maximum atomic E-state index is 12.4. The second-order valence-electron chi connectivity index (χ2n) is 5.56. The number of carbonyl (C=O) groups is 3. The molecule has 0 spiro atoms. The Hall–Kier alpha value is -2.57. The molecule has 0 bridgehead atoms. The van der Waals surface area contributed by atoms with E-state index in [0.29, 0.717) is 0 Å². The number of methoxy groups -OCH3 is 1. The molecule has 0 saturated carbocycles. The molecule has 0 aromatic heterocycles. The van der Waals surface area contributed by atoms with E-state index >= 15 is 0 Å². The van der Waals surface area contributed by atoms with E-state index in [2.05, 4.69) is 5.32 Å². The van der Waals surface area contributed by atoms with Crippen molar-refractivity contribution in [1.82, 2.24) is 10.2 Å². The summed E-state index contributed by atoms with van der Waals surface area (Å²) in [5, 5.41) is 2.80. The van der Waals surface area contributed by atoms with Crippen LogP contribution in [0.3, 0.4) is 0 Å². The van der Waals surface area contributed by atoms with Gasteiger partial charge in [0, 0.05) is 6.04 Å². The minimum atomic E-state index is -0.635. The molecule has 1 N–H and O–H groups in total. The molecule has 0 unspecified atom stereocenters. The summed E-state index contributed by atoms with van der Waals surface area (Å²) in [6.45, 7) is 3.45. The second-order valence-corrected chi connectivity index (χ2v) is 5.56. The Morgan fingerprint density at radius 1 is 1.25 bits per heavy atom. The van der Waals surface area contributed by atoms with E-state index in [4.69, 9.17) is 9.47 Å². The minimum absolute atomic E-state index is 0.212. The predicted molar refractivity (Wildman–Crippen MR) is 86.0 cm³/mol. The lowest BCUT2D eigenvalue weighted by Crippen LogP contribution is -2.60. The number of benzene rings is 1. The summed E-state index contributed by atoms with van der Waals surface area (Å²) in [4.78, 5) is 37.8. The Balaban J connectivity index is 2.29. The van der Waals surface area contributed by atoms with Crippen LogP contribution in [-0.4, -0.2) is 49.2 Å². The molecule has 1 aromatic carbocycles. The van der Waals surface area contributed by atoms with Crippen molar-refractivity contribution < 1.29 is 23.9 Å². The third kappa shape index (κ3) is 3.67. The van der Waals surface area contributed by atoms with E-state index in [-0.39, 0.29) is 13.2 Å². The summed E-state index contributed by atoms with van der Waals surface area (Å²) in [7, 11) is 1.31. The molecule has 2 amide bonds. The molecule has 7 heteroatoms. The topological polar surface area (TPSA) is 84.9 Å². The zero-order valence-corrected chi connectivity index (χ0v) is 14.0. The molecule has 1 heterocycles. The quantitative estimate of drug-likeness (QED) is 0.825. The van der Waals surface area contributed by atoms with Crippen molar-refractivity contribution in [3.05, 3.63) is 35.9 Å². The third-order valence-corrected chi connectivity index (χ3v) is 4.15. The number of hydrogen-bond acceptors (Lipinski definition) is 5. The molecule has 1 aliphatic rings. The van der Waals surface area contributed by atoms with Crippen LogP contribution < -0.4 is 5.32 Å². The highest BCUT2D eigenvalue weighted by Gasteiger charge is 2.45. The van der Waals surface area contributed by atoms with E-state index in [9.17, 15) is 14.4 Å². The molecular weight excluding hydrogens is 312 g/mol. The first-order valence-electron chi connectivity index (χ1n) is 7.85. The smallest absolute Gasteiger partial charge is 0.325 e. The zero-order chi connectivity index (χ0) is 17.7. The maximum absolute atomic E-state index is 12.4. The molecule has 0 aliphatic carbocycles. The van der Waals surface area contributed by atoms with Gasteiger partial charge in [-0.2, -0.15) is 0 Å². The zero-order valence-electron chi connectivity index (χ0n) is 14.0. The standard InChI is InChI=1S/C17H22N2O5/c1-4-24-13(20)10-19-11(2)14(16(21)23-3)15(18-17(19)22)12-8-6-5-7-9-12/h5-9,11,14-15H,4,10H2,1-3H3,(H,18,22)/t11-,14+,15+/m1/s1. The lowest BCUT2D eigenvalue weighted by molar-refractivity contribution is -0.152. The summed E-state index contributed by atoms with van der Waals surface area (Å²) < 4.78 is 9.81. The van der Waals surface area contributed by atoms with Gasteiger partial charge in [-0.15, -0.1) is 0 Å². The number of nitrogens with one attached hydrogen (secondary N) is 1. The number of ether oxygens (including phenoxy) is 2. The summed E-state index contributed by atoms with van der Waals surface area (Å²) in [6.07, 6.45) is 0. The monoisotopic (exact) mass is 334 g/mol. The van der Waals surface area contributed by atoms with E-state index < -0.39 is 36.0 Å². The van der Waals surface area contributed by atoms with Gasteiger partial charge < -0.3 is 19.7 Å². The number of nitrogens with zero attached hydrogens (tertiary/aromatic N) is 1. The van der Waals surface area contributed by atoms with E-state index in [0.717, 1.165) is 5.56 Å². The first kappa shape index (κ1) is 17.8.